The average Bonchev–Trinajstić information content (AvgIpc) is 3.29. The summed E-state index contributed by atoms with van der Waals surface area (Å²) < 4.78 is 7.41. The zero-order valence-corrected chi connectivity index (χ0v) is 17.7. The highest BCUT2D eigenvalue weighted by molar-refractivity contribution is 9.10. The summed E-state index contributed by atoms with van der Waals surface area (Å²) in [4.78, 5) is 40.4. The van der Waals surface area contributed by atoms with Gasteiger partial charge in [0.15, 0.2) is 0 Å². The van der Waals surface area contributed by atoms with Crippen LogP contribution in [0, 0.1) is 0 Å². The Kier molecular flexibility index (Phi) is 5.11. The number of carbonyl (C=O) groups is 3. The Hall–Kier alpha value is -2.39. The fraction of sp³-hybridized carbons (Fsp3) is 0.211. The van der Waals surface area contributed by atoms with E-state index in [-0.39, 0.29) is 5.57 Å². The van der Waals surface area contributed by atoms with E-state index in [1.165, 1.54) is 6.08 Å². The normalized spacial score (nSPS) is 18.9. The van der Waals surface area contributed by atoms with E-state index in [4.69, 9.17) is 4.42 Å². The van der Waals surface area contributed by atoms with Gasteiger partial charge in [-0.2, -0.15) is 0 Å². The molecule has 7 nitrogen and oxygen atoms in total. The first-order chi connectivity index (χ1) is 13.4. The van der Waals surface area contributed by atoms with Crippen molar-refractivity contribution in [2.45, 2.75) is 12.8 Å². The maximum atomic E-state index is 12.9. The molecule has 0 radical (unpaired) electrons. The zero-order valence-electron chi connectivity index (χ0n) is 14.6. The predicted octanol–water partition coefficient (Wildman–Crippen LogP) is 4.07. The number of benzene rings is 1. The lowest BCUT2D eigenvalue weighted by molar-refractivity contribution is -0.122. The summed E-state index contributed by atoms with van der Waals surface area (Å²) in [5, 5.41) is 2.20. The van der Waals surface area contributed by atoms with Crippen LogP contribution >= 0.6 is 31.9 Å². The topological polar surface area (TPSA) is 82.9 Å². The summed E-state index contributed by atoms with van der Waals surface area (Å²) in [7, 11) is 0. The Labute approximate surface area is 177 Å². The van der Waals surface area contributed by atoms with E-state index in [1.807, 2.05) is 0 Å². The number of anilines is 2. The van der Waals surface area contributed by atoms with Crippen molar-refractivity contribution in [3.63, 3.8) is 0 Å². The van der Waals surface area contributed by atoms with Crippen LogP contribution in [0.25, 0.3) is 6.08 Å². The summed E-state index contributed by atoms with van der Waals surface area (Å²) in [5.74, 6) is -0.420. The van der Waals surface area contributed by atoms with Gasteiger partial charge in [0.05, 0.1) is 10.2 Å². The molecule has 0 aliphatic carbocycles. The van der Waals surface area contributed by atoms with E-state index in [9.17, 15) is 14.4 Å². The fourth-order valence-electron chi connectivity index (χ4n) is 3.21. The van der Waals surface area contributed by atoms with E-state index < -0.39 is 17.8 Å². The molecule has 4 amide bonds. The first-order valence-electron chi connectivity index (χ1n) is 8.65. The summed E-state index contributed by atoms with van der Waals surface area (Å²) >= 11 is 6.78. The van der Waals surface area contributed by atoms with Crippen molar-refractivity contribution < 1.29 is 18.8 Å². The van der Waals surface area contributed by atoms with Crippen molar-refractivity contribution in [2.75, 3.05) is 22.9 Å². The molecule has 2 aromatic rings. The molecule has 4 rings (SSSR count). The number of urea groups is 1. The molecule has 2 saturated heterocycles. The third-order valence-corrected chi connectivity index (χ3v) is 5.65. The van der Waals surface area contributed by atoms with E-state index in [1.54, 1.807) is 30.3 Å². The Morgan fingerprint density at radius 3 is 2.39 bits per heavy atom. The third-order valence-electron chi connectivity index (χ3n) is 4.55. The highest BCUT2D eigenvalue weighted by Gasteiger charge is 2.37. The van der Waals surface area contributed by atoms with Gasteiger partial charge in [0, 0.05) is 23.6 Å². The van der Waals surface area contributed by atoms with Crippen molar-refractivity contribution in [2.24, 2.45) is 0 Å². The third kappa shape index (κ3) is 3.51. The number of imide groups is 2. The number of hydrogen-bond acceptors (Lipinski definition) is 5. The van der Waals surface area contributed by atoms with Gasteiger partial charge in [0.25, 0.3) is 11.8 Å². The highest BCUT2D eigenvalue weighted by Crippen LogP contribution is 2.34. The van der Waals surface area contributed by atoms with Crippen LogP contribution in [-0.4, -0.2) is 30.9 Å². The molecule has 1 N–H and O–H groups in total. The van der Waals surface area contributed by atoms with Gasteiger partial charge in [-0.25, -0.2) is 9.69 Å². The molecular weight excluding hydrogens is 494 g/mol. The highest BCUT2D eigenvalue weighted by atomic mass is 79.9. The quantitative estimate of drug-likeness (QED) is 0.499. The average molecular weight is 509 g/mol. The van der Waals surface area contributed by atoms with Gasteiger partial charge >= 0.3 is 6.03 Å². The van der Waals surface area contributed by atoms with Gasteiger partial charge in [0.1, 0.15) is 11.3 Å². The molecule has 0 bridgehead atoms. The Bertz CT molecular complexity index is 991. The number of carbonyl (C=O) groups excluding carboxylic acids is 3. The standard InChI is InChI=1S/C19H15Br2N3O4/c20-11-3-5-12(6-4-11)24-17(26)14(16(25)22-19(24)27)9-13-10-15(21)18(28-13)23-7-1-2-8-23/h3-6,9-10H,1-2,7-8H2,(H,22,25,27)/b14-9+. The van der Waals surface area contributed by atoms with E-state index in [0.29, 0.717) is 17.3 Å². The largest absolute Gasteiger partial charge is 0.440 e. The molecule has 0 spiro atoms. The monoisotopic (exact) mass is 507 g/mol. The maximum absolute atomic E-state index is 12.9. The Morgan fingerprint density at radius 2 is 1.71 bits per heavy atom. The molecule has 9 heteroatoms. The zero-order chi connectivity index (χ0) is 19.8. The second-order valence-electron chi connectivity index (χ2n) is 6.43. The van der Waals surface area contributed by atoms with E-state index >= 15 is 0 Å². The fourth-order valence-corrected chi connectivity index (χ4v) is 4.03. The minimum absolute atomic E-state index is 0.170. The first kappa shape index (κ1) is 18.9. The van der Waals surface area contributed by atoms with E-state index in [0.717, 1.165) is 39.8 Å². The summed E-state index contributed by atoms with van der Waals surface area (Å²) in [6.07, 6.45) is 3.55. The van der Waals surface area contributed by atoms with Crippen molar-refractivity contribution in [1.82, 2.24) is 5.32 Å². The molecule has 28 heavy (non-hydrogen) atoms. The molecule has 0 saturated carbocycles. The number of rotatable bonds is 3. The van der Waals surface area contributed by atoms with Gasteiger partial charge in [-0.05, 0) is 59.1 Å². The van der Waals surface area contributed by atoms with Crippen LogP contribution in [0.4, 0.5) is 16.4 Å². The molecule has 0 unspecified atom stereocenters. The number of barbiturate groups is 1. The van der Waals surface area contributed by atoms with Gasteiger partial charge in [-0.1, -0.05) is 15.9 Å². The molecular formula is C19H15Br2N3O4. The van der Waals surface area contributed by atoms with Crippen molar-refractivity contribution in [3.8, 4) is 0 Å². The van der Waals surface area contributed by atoms with Crippen LogP contribution in [-0.2, 0) is 9.59 Å². The van der Waals surface area contributed by atoms with Crippen molar-refractivity contribution >= 4 is 67.4 Å². The summed E-state index contributed by atoms with van der Waals surface area (Å²) in [6.45, 7) is 1.79. The SMILES string of the molecule is O=C1NC(=O)N(c2ccc(Br)cc2)C(=O)/C1=C/c1cc(Br)c(N2CCCC2)o1. The molecule has 2 fully saturated rings. The van der Waals surface area contributed by atoms with Gasteiger partial charge < -0.3 is 9.32 Å². The second kappa shape index (κ2) is 7.56. The lowest BCUT2D eigenvalue weighted by Crippen LogP contribution is -2.54. The first-order valence-corrected chi connectivity index (χ1v) is 10.2. The molecule has 1 aromatic carbocycles. The lowest BCUT2D eigenvalue weighted by atomic mass is 10.1. The number of nitrogens with zero attached hydrogens (tertiary/aromatic N) is 2. The molecule has 2 aliphatic rings. The molecule has 3 heterocycles. The number of amides is 4. The number of furan rings is 1. The molecule has 0 atom stereocenters. The predicted molar refractivity (Wildman–Crippen MR) is 111 cm³/mol. The molecule has 2 aliphatic heterocycles. The van der Waals surface area contributed by atoms with E-state index in [2.05, 4.69) is 42.1 Å². The summed E-state index contributed by atoms with van der Waals surface area (Å²) in [6, 6.07) is 7.58. The van der Waals surface area contributed by atoms with Crippen LogP contribution in [0.5, 0.6) is 0 Å². The lowest BCUT2D eigenvalue weighted by Gasteiger charge is -2.26. The number of hydrogen-bond donors (Lipinski definition) is 1. The van der Waals surface area contributed by atoms with Crippen LogP contribution in [0.15, 0.2) is 49.3 Å². The van der Waals surface area contributed by atoms with Crippen LogP contribution < -0.4 is 15.1 Å². The Balaban J connectivity index is 1.67. The van der Waals surface area contributed by atoms with Gasteiger partial charge in [0.2, 0.25) is 5.88 Å². The molecule has 144 valence electrons. The molecule has 1 aromatic heterocycles. The van der Waals surface area contributed by atoms with Crippen LogP contribution in [0.1, 0.15) is 18.6 Å². The second-order valence-corrected chi connectivity index (χ2v) is 8.20. The van der Waals surface area contributed by atoms with Crippen molar-refractivity contribution in [3.05, 3.63) is 50.6 Å². The minimum Gasteiger partial charge on any atom is -0.440 e. The summed E-state index contributed by atoms with van der Waals surface area (Å²) in [5.41, 5.74) is 0.194. The van der Waals surface area contributed by atoms with Gasteiger partial charge in [-0.3, -0.25) is 14.9 Å². The van der Waals surface area contributed by atoms with Crippen LogP contribution in [0.2, 0.25) is 0 Å². The minimum atomic E-state index is -0.784. The Morgan fingerprint density at radius 1 is 1.04 bits per heavy atom. The smallest absolute Gasteiger partial charge is 0.335 e. The maximum Gasteiger partial charge on any atom is 0.335 e. The van der Waals surface area contributed by atoms with Crippen LogP contribution in [0.3, 0.4) is 0 Å². The number of halogens is 2. The van der Waals surface area contributed by atoms with Crippen molar-refractivity contribution in [1.29, 1.82) is 0 Å². The van der Waals surface area contributed by atoms with Gasteiger partial charge in [-0.15, -0.1) is 0 Å². The number of nitrogens with one attached hydrogen (secondary N) is 1.